The standard InChI is InChI=1S/C20H24N2O6/c1-5-25-18(23)15(13-6-7-16-17(8-13)27-12-26-16)9-14-10-22(11-21-14)19(24)28-20(2,3)4/h6-8,10-11,15H,5,9,12H2,1-4H3. The Labute approximate surface area is 163 Å². The summed E-state index contributed by atoms with van der Waals surface area (Å²) < 4.78 is 22.6. The lowest BCUT2D eigenvalue weighted by atomic mass is 9.94. The Kier molecular flexibility index (Phi) is 5.58. The molecule has 0 saturated heterocycles. The third kappa shape index (κ3) is 4.62. The second-order valence-corrected chi connectivity index (χ2v) is 7.37. The Hall–Kier alpha value is -3.03. The first kappa shape index (κ1) is 19.7. The SMILES string of the molecule is CCOC(=O)C(Cc1cn(C(=O)OC(C)(C)C)cn1)c1ccc2c(c1)OCO2. The number of imidazole rings is 1. The molecular weight excluding hydrogens is 364 g/mol. The van der Waals surface area contributed by atoms with Gasteiger partial charge in [-0.25, -0.2) is 14.3 Å². The molecule has 0 aliphatic carbocycles. The first-order chi connectivity index (χ1) is 13.3. The van der Waals surface area contributed by atoms with E-state index in [2.05, 4.69) is 4.98 Å². The second kappa shape index (κ2) is 7.92. The van der Waals surface area contributed by atoms with Gasteiger partial charge in [-0.1, -0.05) is 6.07 Å². The van der Waals surface area contributed by atoms with Crippen molar-refractivity contribution in [2.24, 2.45) is 0 Å². The van der Waals surface area contributed by atoms with Gasteiger partial charge in [-0.2, -0.15) is 0 Å². The molecule has 0 radical (unpaired) electrons. The van der Waals surface area contributed by atoms with Crippen LogP contribution in [-0.4, -0.2) is 40.6 Å². The van der Waals surface area contributed by atoms with Gasteiger partial charge in [-0.15, -0.1) is 0 Å². The Bertz CT molecular complexity index is 868. The minimum absolute atomic E-state index is 0.156. The molecule has 1 aromatic carbocycles. The quantitative estimate of drug-likeness (QED) is 0.726. The van der Waals surface area contributed by atoms with Gasteiger partial charge >= 0.3 is 12.1 Å². The van der Waals surface area contributed by atoms with Crippen molar-refractivity contribution in [1.29, 1.82) is 0 Å². The topological polar surface area (TPSA) is 88.9 Å². The Morgan fingerprint density at radius 2 is 2.00 bits per heavy atom. The highest BCUT2D eigenvalue weighted by atomic mass is 16.7. The van der Waals surface area contributed by atoms with Gasteiger partial charge in [0.1, 0.15) is 11.9 Å². The maximum atomic E-state index is 12.6. The summed E-state index contributed by atoms with van der Waals surface area (Å²) in [7, 11) is 0. The summed E-state index contributed by atoms with van der Waals surface area (Å²) in [6.45, 7) is 7.55. The zero-order valence-electron chi connectivity index (χ0n) is 16.4. The zero-order chi connectivity index (χ0) is 20.3. The van der Waals surface area contributed by atoms with Crippen molar-refractivity contribution in [2.75, 3.05) is 13.4 Å². The van der Waals surface area contributed by atoms with E-state index in [1.54, 1.807) is 52.1 Å². The van der Waals surface area contributed by atoms with Crippen LogP contribution in [0.25, 0.3) is 0 Å². The van der Waals surface area contributed by atoms with Crippen LogP contribution in [0, 0.1) is 0 Å². The molecule has 1 atom stereocenters. The highest BCUT2D eigenvalue weighted by Crippen LogP contribution is 2.35. The molecule has 2 aromatic rings. The normalized spacial score (nSPS) is 13.9. The van der Waals surface area contributed by atoms with Crippen molar-refractivity contribution in [3.05, 3.63) is 42.0 Å². The summed E-state index contributed by atoms with van der Waals surface area (Å²) in [5.41, 5.74) is 0.692. The van der Waals surface area contributed by atoms with E-state index in [0.29, 0.717) is 17.2 Å². The molecular formula is C20H24N2O6. The maximum absolute atomic E-state index is 12.6. The van der Waals surface area contributed by atoms with Crippen molar-refractivity contribution in [2.45, 2.75) is 45.6 Å². The maximum Gasteiger partial charge on any atom is 0.419 e. The molecule has 0 fully saturated rings. The summed E-state index contributed by atoms with van der Waals surface area (Å²) in [6.07, 6.45) is 2.69. The number of carbonyl (C=O) groups is 2. The van der Waals surface area contributed by atoms with E-state index >= 15 is 0 Å². The van der Waals surface area contributed by atoms with E-state index in [-0.39, 0.29) is 25.8 Å². The third-order valence-corrected chi connectivity index (χ3v) is 4.02. The first-order valence-electron chi connectivity index (χ1n) is 9.09. The van der Waals surface area contributed by atoms with E-state index in [9.17, 15) is 9.59 Å². The minimum Gasteiger partial charge on any atom is -0.466 e. The fraction of sp³-hybridized carbons (Fsp3) is 0.450. The van der Waals surface area contributed by atoms with Crippen LogP contribution in [0.3, 0.4) is 0 Å². The molecule has 0 saturated carbocycles. The number of hydrogen-bond donors (Lipinski definition) is 0. The van der Waals surface area contributed by atoms with Crippen molar-refractivity contribution in [3.8, 4) is 11.5 Å². The van der Waals surface area contributed by atoms with E-state index in [4.69, 9.17) is 18.9 Å². The number of fused-ring (bicyclic) bond motifs is 1. The number of nitrogens with zero attached hydrogens (tertiary/aromatic N) is 2. The van der Waals surface area contributed by atoms with Gasteiger partial charge in [-0.05, 0) is 45.4 Å². The molecule has 1 aliphatic heterocycles. The molecule has 0 bridgehead atoms. The summed E-state index contributed by atoms with van der Waals surface area (Å²) >= 11 is 0. The minimum atomic E-state index is -0.610. The van der Waals surface area contributed by atoms with Crippen molar-refractivity contribution < 1.29 is 28.5 Å². The van der Waals surface area contributed by atoms with Gasteiger partial charge in [0.2, 0.25) is 6.79 Å². The Morgan fingerprint density at radius 3 is 2.71 bits per heavy atom. The van der Waals surface area contributed by atoms with Crippen LogP contribution in [0.5, 0.6) is 11.5 Å². The zero-order valence-corrected chi connectivity index (χ0v) is 16.4. The number of rotatable bonds is 5. The van der Waals surface area contributed by atoms with E-state index in [1.807, 2.05) is 0 Å². The van der Waals surface area contributed by atoms with Gasteiger partial charge in [-0.3, -0.25) is 4.79 Å². The van der Waals surface area contributed by atoms with Gasteiger partial charge in [0.15, 0.2) is 11.5 Å². The van der Waals surface area contributed by atoms with Crippen LogP contribution in [0.2, 0.25) is 0 Å². The molecule has 0 spiro atoms. The van der Waals surface area contributed by atoms with Gasteiger partial charge in [0.05, 0.1) is 18.2 Å². The second-order valence-electron chi connectivity index (χ2n) is 7.37. The van der Waals surface area contributed by atoms with E-state index in [1.165, 1.54) is 10.9 Å². The predicted octanol–water partition coefficient (Wildman–Crippen LogP) is 3.28. The molecule has 3 rings (SSSR count). The lowest BCUT2D eigenvalue weighted by Crippen LogP contribution is -2.26. The Morgan fingerprint density at radius 1 is 1.25 bits per heavy atom. The monoisotopic (exact) mass is 388 g/mol. The van der Waals surface area contributed by atoms with Crippen molar-refractivity contribution >= 4 is 12.1 Å². The van der Waals surface area contributed by atoms with Crippen LogP contribution in [0.4, 0.5) is 4.79 Å². The molecule has 1 unspecified atom stereocenters. The molecule has 8 nitrogen and oxygen atoms in total. The lowest BCUT2D eigenvalue weighted by Gasteiger charge is -2.19. The molecule has 1 aliphatic rings. The summed E-state index contributed by atoms with van der Waals surface area (Å²) in [5.74, 6) is 0.274. The average Bonchev–Trinajstić information content (AvgIpc) is 3.27. The summed E-state index contributed by atoms with van der Waals surface area (Å²) in [4.78, 5) is 29.0. The van der Waals surface area contributed by atoms with Crippen LogP contribution < -0.4 is 9.47 Å². The van der Waals surface area contributed by atoms with Crippen LogP contribution in [0.15, 0.2) is 30.7 Å². The van der Waals surface area contributed by atoms with Crippen molar-refractivity contribution in [1.82, 2.24) is 9.55 Å². The molecule has 1 aromatic heterocycles. The molecule has 0 N–H and O–H groups in total. The van der Waals surface area contributed by atoms with Crippen molar-refractivity contribution in [3.63, 3.8) is 0 Å². The molecule has 2 heterocycles. The number of carbonyl (C=O) groups excluding carboxylic acids is 2. The number of ether oxygens (including phenoxy) is 4. The molecule has 150 valence electrons. The number of hydrogen-bond acceptors (Lipinski definition) is 7. The fourth-order valence-electron chi connectivity index (χ4n) is 2.80. The largest absolute Gasteiger partial charge is 0.466 e. The lowest BCUT2D eigenvalue weighted by molar-refractivity contribution is -0.145. The number of esters is 1. The average molecular weight is 388 g/mol. The predicted molar refractivity (Wildman–Crippen MR) is 99.5 cm³/mol. The molecule has 28 heavy (non-hydrogen) atoms. The summed E-state index contributed by atoms with van der Waals surface area (Å²) in [5, 5.41) is 0. The first-order valence-corrected chi connectivity index (χ1v) is 9.09. The van der Waals surface area contributed by atoms with Crippen LogP contribution >= 0.6 is 0 Å². The summed E-state index contributed by atoms with van der Waals surface area (Å²) in [6, 6.07) is 5.35. The Balaban J connectivity index is 1.81. The van der Waals surface area contributed by atoms with Gasteiger partial charge in [0, 0.05) is 12.6 Å². The van der Waals surface area contributed by atoms with Gasteiger partial charge < -0.3 is 18.9 Å². The fourth-order valence-corrected chi connectivity index (χ4v) is 2.80. The van der Waals surface area contributed by atoms with E-state index in [0.717, 1.165) is 5.56 Å². The smallest absolute Gasteiger partial charge is 0.419 e. The molecule has 8 heteroatoms. The highest BCUT2D eigenvalue weighted by Gasteiger charge is 2.27. The third-order valence-electron chi connectivity index (χ3n) is 4.02. The molecule has 0 amide bonds. The van der Waals surface area contributed by atoms with Gasteiger partial charge in [0.25, 0.3) is 0 Å². The van der Waals surface area contributed by atoms with E-state index < -0.39 is 17.6 Å². The number of aromatic nitrogens is 2. The van der Waals surface area contributed by atoms with Crippen LogP contribution in [0.1, 0.15) is 44.9 Å². The van der Waals surface area contributed by atoms with Crippen LogP contribution in [-0.2, 0) is 20.7 Å². The number of benzene rings is 1. The highest BCUT2D eigenvalue weighted by molar-refractivity contribution is 5.79.